The molecule has 1 atom stereocenters. The van der Waals surface area contributed by atoms with Crippen molar-refractivity contribution in [2.75, 3.05) is 26.8 Å². The topological polar surface area (TPSA) is 29.5 Å². The highest BCUT2D eigenvalue weighted by Gasteiger charge is 2.24. The largest absolute Gasteiger partial charge is 0.385 e. The monoisotopic (exact) mass is 313 g/mol. The van der Waals surface area contributed by atoms with Crippen LogP contribution in [0.2, 0.25) is 5.02 Å². The second-order valence-corrected chi connectivity index (χ2v) is 5.99. The van der Waals surface area contributed by atoms with Gasteiger partial charge in [-0.3, -0.25) is 4.79 Å². The van der Waals surface area contributed by atoms with Crippen LogP contribution in [0.4, 0.5) is 4.39 Å². The quantitative estimate of drug-likeness (QED) is 0.775. The summed E-state index contributed by atoms with van der Waals surface area (Å²) in [5, 5.41) is 0.256. The van der Waals surface area contributed by atoms with Crippen LogP contribution in [0, 0.1) is 11.7 Å². The molecule has 0 bridgehead atoms. The van der Waals surface area contributed by atoms with Crippen molar-refractivity contribution in [2.45, 2.75) is 25.7 Å². The molecule has 1 unspecified atom stereocenters. The maximum atomic E-state index is 13.4. The van der Waals surface area contributed by atoms with Crippen LogP contribution in [0.15, 0.2) is 18.2 Å². The van der Waals surface area contributed by atoms with Gasteiger partial charge in [-0.25, -0.2) is 4.39 Å². The summed E-state index contributed by atoms with van der Waals surface area (Å²) in [7, 11) is 1.70. The molecule has 0 saturated carbocycles. The summed E-state index contributed by atoms with van der Waals surface area (Å²) in [5.41, 5.74) is 0.331. The number of halogens is 2. The maximum absolute atomic E-state index is 13.4. The first-order valence-corrected chi connectivity index (χ1v) is 7.72. The molecule has 0 aromatic heterocycles. The number of methoxy groups -OCH3 is 1. The summed E-state index contributed by atoms with van der Waals surface area (Å²) in [5.74, 6) is -0.103. The van der Waals surface area contributed by atoms with Gasteiger partial charge in [0, 0.05) is 37.4 Å². The molecule has 3 nitrogen and oxygen atoms in total. The van der Waals surface area contributed by atoms with Crippen molar-refractivity contribution in [3.8, 4) is 0 Å². The molecular formula is C16H21ClFNO2. The second-order valence-electron chi connectivity index (χ2n) is 5.55. The Balaban J connectivity index is 1.98. The van der Waals surface area contributed by atoms with Gasteiger partial charge in [0.25, 0.3) is 5.91 Å². The first-order chi connectivity index (χ1) is 10.1. The molecule has 1 aromatic rings. The summed E-state index contributed by atoms with van der Waals surface area (Å²) < 4.78 is 18.4. The summed E-state index contributed by atoms with van der Waals surface area (Å²) in [6.07, 6.45) is 4.19. The Hall–Kier alpha value is -1.13. The number of benzene rings is 1. The molecule has 1 aromatic carbocycles. The first kappa shape index (κ1) is 16.2. The van der Waals surface area contributed by atoms with Gasteiger partial charge in [-0.1, -0.05) is 11.6 Å². The normalized spacial score (nSPS) is 18.8. The van der Waals surface area contributed by atoms with Crippen LogP contribution in [0.1, 0.15) is 36.0 Å². The molecule has 1 aliphatic heterocycles. The van der Waals surface area contributed by atoms with Gasteiger partial charge in [0.15, 0.2) is 0 Å². The number of hydrogen-bond donors (Lipinski definition) is 0. The highest BCUT2D eigenvalue weighted by molar-refractivity contribution is 6.31. The fraction of sp³-hybridized carbons (Fsp3) is 0.562. The van der Waals surface area contributed by atoms with E-state index >= 15 is 0 Å². The fourth-order valence-electron chi connectivity index (χ4n) is 2.86. The van der Waals surface area contributed by atoms with Gasteiger partial charge in [-0.2, -0.15) is 0 Å². The van der Waals surface area contributed by atoms with E-state index in [-0.39, 0.29) is 10.9 Å². The van der Waals surface area contributed by atoms with Crippen molar-refractivity contribution >= 4 is 17.5 Å². The van der Waals surface area contributed by atoms with Gasteiger partial charge in [-0.15, -0.1) is 0 Å². The summed E-state index contributed by atoms with van der Waals surface area (Å²) in [6.45, 7) is 2.22. The molecule has 1 fully saturated rings. The third-order valence-electron chi connectivity index (χ3n) is 3.88. The SMILES string of the molecule is COCCCC1CCCN(C(=O)c2cc(F)cc(Cl)c2)C1. The molecule has 1 amide bonds. The molecule has 116 valence electrons. The van der Waals surface area contributed by atoms with Crippen molar-refractivity contribution in [1.29, 1.82) is 0 Å². The molecule has 1 heterocycles. The van der Waals surface area contributed by atoms with Crippen molar-refractivity contribution in [1.82, 2.24) is 4.90 Å². The van der Waals surface area contributed by atoms with E-state index in [1.54, 1.807) is 7.11 Å². The van der Waals surface area contributed by atoms with Crippen molar-refractivity contribution in [3.63, 3.8) is 0 Å². The Morgan fingerprint density at radius 2 is 2.29 bits per heavy atom. The average Bonchev–Trinajstić information content (AvgIpc) is 2.46. The number of likely N-dealkylation sites (tertiary alicyclic amines) is 1. The van der Waals surface area contributed by atoms with Crippen LogP contribution in [-0.2, 0) is 4.74 Å². The minimum absolute atomic E-state index is 0.132. The van der Waals surface area contributed by atoms with Gasteiger partial charge in [0.05, 0.1) is 0 Å². The minimum Gasteiger partial charge on any atom is -0.385 e. The molecular weight excluding hydrogens is 293 g/mol. The Morgan fingerprint density at radius 1 is 1.48 bits per heavy atom. The van der Waals surface area contributed by atoms with Gasteiger partial charge in [0.2, 0.25) is 0 Å². The Bertz CT molecular complexity index is 475. The predicted octanol–water partition coefficient (Wildman–Crippen LogP) is 3.76. The number of ether oxygens (including phenoxy) is 1. The highest BCUT2D eigenvalue weighted by Crippen LogP contribution is 2.23. The number of rotatable bonds is 5. The molecule has 21 heavy (non-hydrogen) atoms. The van der Waals surface area contributed by atoms with E-state index in [9.17, 15) is 9.18 Å². The molecule has 0 spiro atoms. The second kappa shape index (κ2) is 7.76. The zero-order valence-electron chi connectivity index (χ0n) is 12.3. The lowest BCUT2D eigenvalue weighted by molar-refractivity contribution is 0.0660. The lowest BCUT2D eigenvalue weighted by Gasteiger charge is -2.33. The number of piperidine rings is 1. The van der Waals surface area contributed by atoms with Gasteiger partial charge in [0.1, 0.15) is 5.82 Å². The summed E-state index contributed by atoms with van der Waals surface area (Å²) >= 11 is 5.82. The summed E-state index contributed by atoms with van der Waals surface area (Å²) in [6, 6.07) is 3.99. The van der Waals surface area contributed by atoms with Crippen LogP contribution in [-0.4, -0.2) is 37.6 Å². The molecule has 0 N–H and O–H groups in total. The van der Waals surface area contributed by atoms with Crippen LogP contribution in [0.25, 0.3) is 0 Å². The van der Waals surface area contributed by atoms with Crippen LogP contribution in [0.5, 0.6) is 0 Å². The number of amides is 1. The zero-order valence-corrected chi connectivity index (χ0v) is 13.0. The lowest BCUT2D eigenvalue weighted by atomic mass is 9.93. The van der Waals surface area contributed by atoms with Crippen LogP contribution >= 0.6 is 11.6 Å². The number of nitrogens with zero attached hydrogens (tertiary/aromatic N) is 1. The molecule has 1 aliphatic rings. The molecule has 5 heteroatoms. The minimum atomic E-state index is -0.473. The van der Waals surface area contributed by atoms with E-state index in [0.29, 0.717) is 11.5 Å². The van der Waals surface area contributed by atoms with Gasteiger partial charge in [-0.05, 0) is 49.8 Å². The van der Waals surface area contributed by atoms with E-state index in [1.165, 1.54) is 18.2 Å². The lowest BCUT2D eigenvalue weighted by Crippen LogP contribution is -2.40. The molecule has 0 radical (unpaired) electrons. The Kier molecular flexibility index (Phi) is 6.00. The van der Waals surface area contributed by atoms with E-state index in [0.717, 1.165) is 45.4 Å². The molecule has 1 saturated heterocycles. The smallest absolute Gasteiger partial charge is 0.254 e. The van der Waals surface area contributed by atoms with E-state index in [4.69, 9.17) is 16.3 Å². The Morgan fingerprint density at radius 3 is 3.00 bits per heavy atom. The van der Waals surface area contributed by atoms with Crippen LogP contribution in [0.3, 0.4) is 0 Å². The van der Waals surface area contributed by atoms with E-state index in [2.05, 4.69) is 0 Å². The van der Waals surface area contributed by atoms with E-state index in [1.807, 2.05) is 4.90 Å². The van der Waals surface area contributed by atoms with Crippen molar-refractivity contribution < 1.29 is 13.9 Å². The third kappa shape index (κ3) is 4.68. The standard InChI is InChI=1S/C16H21ClFNO2/c1-21-7-3-5-12-4-2-6-19(11-12)16(20)13-8-14(17)10-15(18)9-13/h8-10,12H,2-7,11H2,1H3. The number of hydrogen-bond acceptors (Lipinski definition) is 2. The van der Waals surface area contributed by atoms with Crippen LogP contribution < -0.4 is 0 Å². The average molecular weight is 314 g/mol. The van der Waals surface area contributed by atoms with Gasteiger partial charge < -0.3 is 9.64 Å². The van der Waals surface area contributed by atoms with Crippen molar-refractivity contribution in [3.05, 3.63) is 34.6 Å². The highest BCUT2D eigenvalue weighted by atomic mass is 35.5. The predicted molar refractivity (Wildman–Crippen MR) is 81.1 cm³/mol. The number of carbonyl (C=O) groups is 1. The molecule has 2 rings (SSSR count). The summed E-state index contributed by atoms with van der Waals surface area (Å²) in [4.78, 5) is 14.3. The maximum Gasteiger partial charge on any atom is 0.254 e. The van der Waals surface area contributed by atoms with E-state index < -0.39 is 5.82 Å². The fourth-order valence-corrected chi connectivity index (χ4v) is 3.08. The Labute approximate surface area is 130 Å². The zero-order chi connectivity index (χ0) is 15.2. The molecule has 0 aliphatic carbocycles. The van der Waals surface area contributed by atoms with Gasteiger partial charge >= 0.3 is 0 Å². The number of carbonyl (C=O) groups excluding carboxylic acids is 1. The van der Waals surface area contributed by atoms with Crippen molar-refractivity contribution in [2.24, 2.45) is 5.92 Å². The first-order valence-electron chi connectivity index (χ1n) is 7.34. The third-order valence-corrected chi connectivity index (χ3v) is 4.09.